The molecule has 18 heavy (non-hydrogen) atoms. The predicted molar refractivity (Wildman–Crippen MR) is 78.0 cm³/mol. The standard InChI is InChI=1S/C15H20BrNO/c1-17(10-4-9-16)15(18)14-8-7-12-5-2-3-6-13(12)11-14/h2-3,5-6,14H,4,7-11H2,1H3. The normalized spacial score (nSPS) is 18.2. The zero-order chi connectivity index (χ0) is 13.0. The van der Waals surface area contributed by atoms with E-state index in [2.05, 4.69) is 40.2 Å². The van der Waals surface area contributed by atoms with Gasteiger partial charge >= 0.3 is 0 Å². The molecule has 0 N–H and O–H groups in total. The van der Waals surface area contributed by atoms with Gasteiger partial charge in [-0.05, 0) is 36.8 Å². The first kappa shape index (κ1) is 13.6. The highest BCUT2D eigenvalue weighted by molar-refractivity contribution is 9.09. The first-order chi connectivity index (χ1) is 8.72. The molecular formula is C15H20BrNO. The van der Waals surface area contributed by atoms with Crippen LogP contribution < -0.4 is 0 Å². The fourth-order valence-electron chi connectivity index (χ4n) is 2.63. The number of amides is 1. The molecule has 0 bridgehead atoms. The van der Waals surface area contributed by atoms with Crippen LogP contribution in [0, 0.1) is 5.92 Å². The Kier molecular flexibility index (Phi) is 4.81. The summed E-state index contributed by atoms with van der Waals surface area (Å²) in [6, 6.07) is 8.50. The summed E-state index contributed by atoms with van der Waals surface area (Å²) in [5, 5.41) is 0.956. The highest BCUT2D eigenvalue weighted by atomic mass is 79.9. The van der Waals surface area contributed by atoms with Crippen LogP contribution in [0.1, 0.15) is 24.0 Å². The van der Waals surface area contributed by atoms with Crippen molar-refractivity contribution in [2.24, 2.45) is 5.92 Å². The minimum atomic E-state index is 0.181. The van der Waals surface area contributed by atoms with Crippen molar-refractivity contribution in [1.82, 2.24) is 4.90 Å². The number of carbonyl (C=O) groups excluding carboxylic acids is 1. The number of nitrogens with zero attached hydrogens (tertiary/aromatic N) is 1. The van der Waals surface area contributed by atoms with E-state index in [0.29, 0.717) is 5.91 Å². The van der Waals surface area contributed by atoms with E-state index in [0.717, 1.165) is 37.6 Å². The molecule has 2 rings (SSSR count). The number of benzene rings is 1. The van der Waals surface area contributed by atoms with Crippen molar-refractivity contribution in [3.8, 4) is 0 Å². The molecule has 2 nitrogen and oxygen atoms in total. The number of alkyl halides is 1. The number of hydrogen-bond acceptors (Lipinski definition) is 1. The Balaban J connectivity index is 1.98. The van der Waals surface area contributed by atoms with Gasteiger partial charge in [0.25, 0.3) is 0 Å². The second-order valence-corrected chi connectivity index (χ2v) is 5.80. The van der Waals surface area contributed by atoms with Crippen molar-refractivity contribution in [3.63, 3.8) is 0 Å². The van der Waals surface area contributed by atoms with E-state index in [1.165, 1.54) is 11.1 Å². The summed E-state index contributed by atoms with van der Waals surface area (Å²) in [6.07, 6.45) is 3.96. The topological polar surface area (TPSA) is 20.3 Å². The zero-order valence-corrected chi connectivity index (χ0v) is 12.4. The van der Waals surface area contributed by atoms with Crippen LogP contribution in [0.5, 0.6) is 0 Å². The molecule has 0 saturated heterocycles. The Morgan fingerprint density at radius 2 is 2.11 bits per heavy atom. The summed E-state index contributed by atoms with van der Waals surface area (Å²) in [5.41, 5.74) is 2.78. The van der Waals surface area contributed by atoms with E-state index < -0.39 is 0 Å². The molecule has 0 heterocycles. The van der Waals surface area contributed by atoms with Crippen LogP contribution in [0.2, 0.25) is 0 Å². The van der Waals surface area contributed by atoms with Gasteiger partial charge in [0.15, 0.2) is 0 Å². The fourth-order valence-corrected chi connectivity index (χ4v) is 2.88. The van der Waals surface area contributed by atoms with E-state index in [1.54, 1.807) is 0 Å². The van der Waals surface area contributed by atoms with E-state index >= 15 is 0 Å². The summed E-state index contributed by atoms with van der Waals surface area (Å²) >= 11 is 3.41. The summed E-state index contributed by atoms with van der Waals surface area (Å²) in [4.78, 5) is 14.2. The SMILES string of the molecule is CN(CCCBr)C(=O)C1CCc2ccccc2C1. The van der Waals surface area contributed by atoms with Crippen LogP contribution in [0.4, 0.5) is 0 Å². The van der Waals surface area contributed by atoms with Crippen LogP contribution in [0.15, 0.2) is 24.3 Å². The first-order valence-corrected chi connectivity index (χ1v) is 7.72. The van der Waals surface area contributed by atoms with E-state index in [4.69, 9.17) is 0 Å². The summed E-state index contributed by atoms with van der Waals surface area (Å²) < 4.78 is 0. The summed E-state index contributed by atoms with van der Waals surface area (Å²) in [5.74, 6) is 0.491. The van der Waals surface area contributed by atoms with Crippen LogP contribution in [0.3, 0.4) is 0 Å². The zero-order valence-electron chi connectivity index (χ0n) is 10.9. The van der Waals surface area contributed by atoms with E-state index in [1.807, 2.05) is 11.9 Å². The molecule has 1 aromatic carbocycles. The maximum absolute atomic E-state index is 12.3. The molecule has 3 heteroatoms. The van der Waals surface area contributed by atoms with Gasteiger partial charge in [-0.15, -0.1) is 0 Å². The van der Waals surface area contributed by atoms with Crippen molar-refractivity contribution in [3.05, 3.63) is 35.4 Å². The van der Waals surface area contributed by atoms with Gasteiger partial charge in [0.1, 0.15) is 0 Å². The van der Waals surface area contributed by atoms with E-state index in [9.17, 15) is 4.79 Å². The average Bonchev–Trinajstić information content (AvgIpc) is 2.43. The number of fused-ring (bicyclic) bond motifs is 1. The lowest BCUT2D eigenvalue weighted by Crippen LogP contribution is -2.36. The number of carbonyl (C=O) groups is 1. The van der Waals surface area contributed by atoms with Crippen LogP contribution in [-0.2, 0) is 17.6 Å². The molecule has 0 spiro atoms. The molecule has 1 aromatic rings. The highest BCUT2D eigenvalue weighted by Gasteiger charge is 2.26. The molecular weight excluding hydrogens is 290 g/mol. The molecule has 1 unspecified atom stereocenters. The van der Waals surface area contributed by atoms with Crippen molar-refractivity contribution in [2.75, 3.05) is 18.9 Å². The molecule has 98 valence electrons. The van der Waals surface area contributed by atoms with Crippen molar-refractivity contribution in [1.29, 1.82) is 0 Å². The molecule has 0 radical (unpaired) electrons. The van der Waals surface area contributed by atoms with Gasteiger partial charge in [-0.1, -0.05) is 40.2 Å². The van der Waals surface area contributed by atoms with Crippen LogP contribution in [-0.4, -0.2) is 29.7 Å². The van der Waals surface area contributed by atoms with Crippen LogP contribution in [0.25, 0.3) is 0 Å². The Labute approximate surface area is 117 Å². The molecule has 1 atom stereocenters. The summed E-state index contributed by atoms with van der Waals surface area (Å²) in [6.45, 7) is 0.849. The largest absolute Gasteiger partial charge is 0.345 e. The monoisotopic (exact) mass is 309 g/mol. The van der Waals surface area contributed by atoms with Crippen molar-refractivity contribution in [2.45, 2.75) is 25.7 Å². The van der Waals surface area contributed by atoms with Crippen LogP contribution >= 0.6 is 15.9 Å². The number of rotatable bonds is 4. The first-order valence-electron chi connectivity index (χ1n) is 6.60. The lowest BCUT2D eigenvalue weighted by atomic mass is 9.83. The lowest BCUT2D eigenvalue weighted by molar-refractivity contribution is -0.134. The average molecular weight is 310 g/mol. The fraction of sp³-hybridized carbons (Fsp3) is 0.533. The molecule has 0 aromatic heterocycles. The Bertz CT molecular complexity index is 419. The van der Waals surface area contributed by atoms with Gasteiger partial charge in [0.05, 0.1) is 0 Å². The van der Waals surface area contributed by atoms with E-state index in [-0.39, 0.29) is 5.92 Å². The number of hydrogen-bond donors (Lipinski definition) is 0. The Morgan fingerprint density at radius 3 is 2.83 bits per heavy atom. The highest BCUT2D eigenvalue weighted by Crippen LogP contribution is 2.26. The van der Waals surface area contributed by atoms with Gasteiger partial charge in [-0.2, -0.15) is 0 Å². The minimum absolute atomic E-state index is 0.181. The van der Waals surface area contributed by atoms with Crippen molar-refractivity contribution >= 4 is 21.8 Å². The second-order valence-electron chi connectivity index (χ2n) is 5.01. The van der Waals surface area contributed by atoms with Gasteiger partial charge in [-0.25, -0.2) is 0 Å². The molecule has 1 aliphatic carbocycles. The minimum Gasteiger partial charge on any atom is -0.345 e. The quantitative estimate of drug-likeness (QED) is 0.783. The molecule has 0 fully saturated rings. The summed E-state index contributed by atoms with van der Waals surface area (Å²) in [7, 11) is 1.92. The molecule has 1 aliphatic rings. The Morgan fingerprint density at radius 1 is 1.39 bits per heavy atom. The van der Waals surface area contributed by atoms with Crippen molar-refractivity contribution < 1.29 is 4.79 Å². The van der Waals surface area contributed by atoms with Gasteiger partial charge in [0, 0.05) is 24.8 Å². The third-order valence-electron chi connectivity index (χ3n) is 3.70. The Hall–Kier alpha value is -0.830. The third kappa shape index (κ3) is 3.14. The lowest BCUT2D eigenvalue weighted by Gasteiger charge is -2.27. The maximum atomic E-state index is 12.3. The molecule has 1 amide bonds. The second kappa shape index (κ2) is 6.37. The third-order valence-corrected chi connectivity index (χ3v) is 4.26. The smallest absolute Gasteiger partial charge is 0.225 e. The number of aryl methyl sites for hydroxylation is 1. The van der Waals surface area contributed by atoms with Gasteiger partial charge in [0.2, 0.25) is 5.91 Å². The number of halogens is 1. The van der Waals surface area contributed by atoms with Gasteiger partial charge in [-0.3, -0.25) is 4.79 Å². The molecule has 0 saturated carbocycles. The van der Waals surface area contributed by atoms with Gasteiger partial charge < -0.3 is 4.90 Å². The maximum Gasteiger partial charge on any atom is 0.225 e. The predicted octanol–water partition coefficient (Wildman–Crippen LogP) is 3.03. The molecule has 0 aliphatic heterocycles.